The summed E-state index contributed by atoms with van der Waals surface area (Å²) in [6.07, 6.45) is 0. The fourth-order valence-corrected chi connectivity index (χ4v) is 18.6. The average Bonchev–Trinajstić information content (AvgIpc) is 1.32. The number of aromatic nitrogens is 2. The third kappa shape index (κ3) is 10.5. The van der Waals surface area contributed by atoms with Crippen LogP contribution in [0, 0.1) is 0 Å². The molecule has 0 aliphatic rings. The van der Waals surface area contributed by atoms with Crippen LogP contribution in [0.25, 0.3) is 219 Å². The first-order chi connectivity index (χ1) is 55.6. The van der Waals surface area contributed by atoms with Crippen molar-refractivity contribution in [3.05, 3.63) is 425 Å². The van der Waals surface area contributed by atoms with Crippen molar-refractivity contribution in [1.82, 2.24) is 9.13 Å². The minimum Gasteiger partial charge on any atom is -0.309 e. The van der Waals surface area contributed by atoms with Gasteiger partial charge in [-0.05, 0) is 214 Å². The van der Waals surface area contributed by atoms with Crippen molar-refractivity contribution in [2.24, 2.45) is 0 Å². The monoisotopic (exact) mass is 1420 g/mol. The maximum atomic E-state index is 2.47. The third-order valence-corrected chi connectivity index (χ3v) is 23.5. The van der Waals surface area contributed by atoms with Crippen molar-refractivity contribution in [3.63, 3.8) is 0 Å². The van der Waals surface area contributed by atoms with Crippen LogP contribution < -0.4 is 0 Å². The minimum atomic E-state index is 1.15. The third-order valence-electron chi connectivity index (χ3n) is 23.5. The van der Waals surface area contributed by atoms with E-state index >= 15 is 0 Å². The molecular formula is C110H70N2. The summed E-state index contributed by atoms with van der Waals surface area (Å²) in [5.41, 5.74) is 24.7. The lowest BCUT2D eigenvalue weighted by Crippen LogP contribution is -1.96. The number of hydrogen-bond donors (Lipinski definition) is 0. The molecule has 0 aliphatic carbocycles. The van der Waals surface area contributed by atoms with E-state index in [2.05, 4.69) is 434 Å². The van der Waals surface area contributed by atoms with Crippen LogP contribution in [0.5, 0.6) is 0 Å². The van der Waals surface area contributed by atoms with E-state index in [0.29, 0.717) is 0 Å². The number of benzene rings is 21. The van der Waals surface area contributed by atoms with Gasteiger partial charge in [-0.25, -0.2) is 0 Å². The van der Waals surface area contributed by atoms with Crippen molar-refractivity contribution in [2.45, 2.75) is 0 Å². The van der Waals surface area contributed by atoms with E-state index in [4.69, 9.17) is 0 Å². The van der Waals surface area contributed by atoms with E-state index in [1.807, 2.05) is 0 Å². The van der Waals surface area contributed by atoms with Crippen LogP contribution in [0.3, 0.4) is 0 Å². The van der Waals surface area contributed by atoms with Crippen molar-refractivity contribution in [1.29, 1.82) is 0 Å². The molecule has 0 saturated carbocycles. The molecule has 2 nitrogen and oxygen atoms in total. The standard InChI is InChI=1S/C58H37N.C52H33N/c1-2-15-39(16-3-1)53-37-54-47-21-12-13-28-55(47)59(58(54)52-26-11-6-20-46(52)53)43-35-33-42(34-36-43)57-50-24-9-7-22-48(50)56(49-23-8-10-25-51(49)57)41-31-29-40(30-32-41)45-27-14-18-38-17-4-5-19-44(38)45;1-3-15-34(16-4-1)50-42-21-8-10-23-44(42)51(45-24-11-9-22-43(45)50)38-30-28-35-31-37(29-27-36(35)32-38)47-33-48-41-20-13-14-26-49(41)53(39-17-5-2-6-18-39)52(48)46-25-12-7-19-40(46)47/h1-37H;1-33H. The Labute approximate surface area is 648 Å². The summed E-state index contributed by atoms with van der Waals surface area (Å²) in [4.78, 5) is 0. The lowest BCUT2D eigenvalue weighted by Gasteiger charge is -2.18. The Morgan fingerprint density at radius 1 is 0.134 bits per heavy atom. The zero-order valence-electron chi connectivity index (χ0n) is 61.3. The van der Waals surface area contributed by atoms with Crippen molar-refractivity contribution < 1.29 is 0 Å². The number of rotatable bonds is 9. The molecule has 0 fully saturated rings. The fraction of sp³-hybridized carbons (Fsp3) is 0. The maximum absolute atomic E-state index is 2.47. The Balaban J connectivity index is 0.000000138. The quantitative estimate of drug-likeness (QED) is 0.128. The van der Waals surface area contributed by atoms with Gasteiger partial charge >= 0.3 is 0 Å². The van der Waals surface area contributed by atoms with Gasteiger partial charge in [-0.15, -0.1) is 0 Å². The van der Waals surface area contributed by atoms with E-state index in [9.17, 15) is 0 Å². The highest BCUT2D eigenvalue weighted by Gasteiger charge is 2.24. The molecule has 2 aromatic heterocycles. The Bertz CT molecular complexity index is 7580. The van der Waals surface area contributed by atoms with E-state index < -0.39 is 0 Å². The lowest BCUT2D eigenvalue weighted by atomic mass is 9.85. The predicted octanol–water partition coefficient (Wildman–Crippen LogP) is 30.5. The molecule has 0 saturated heterocycles. The smallest absolute Gasteiger partial charge is 0.0619 e. The maximum Gasteiger partial charge on any atom is 0.0619 e. The molecule has 0 atom stereocenters. The zero-order chi connectivity index (χ0) is 73.7. The summed E-state index contributed by atoms with van der Waals surface area (Å²) in [6.45, 7) is 0. The van der Waals surface area contributed by atoms with Crippen LogP contribution in [0.1, 0.15) is 0 Å². The van der Waals surface area contributed by atoms with Gasteiger partial charge in [-0.3, -0.25) is 0 Å². The van der Waals surface area contributed by atoms with Gasteiger partial charge in [0.25, 0.3) is 0 Å². The molecule has 0 aliphatic heterocycles. The molecule has 0 unspecified atom stereocenters. The predicted molar refractivity (Wildman–Crippen MR) is 480 cm³/mol. The molecule has 0 amide bonds. The second-order valence-corrected chi connectivity index (χ2v) is 29.6. The van der Waals surface area contributed by atoms with E-state index in [1.165, 1.54) is 213 Å². The molecule has 0 bridgehead atoms. The molecule has 2 heteroatoms. The van der Waals surface area contributed by atoms with Crippen LogP contribution in [-0.4, -0.2) is 9.13 Å². The van der Waals surface area contributed by atoms with Gasteiger partial charge in [0.2, 0.25) is 0 Å². The first-order valence-corrected chi connectivity index (χ1v) is 38.8. The number of nitrogens with zero attached hydrogens (tertiary/aromatic N) is 2. The van der Waals surface area contributed by atoms with E-state index in [1.54, 1.807) is 0 Å². The Morgan fingerprint density at radius 2 is 0.429 bits per heavy atom. The topological polar surface area (TPSA) is 9.86 Å². The van der Waals surface area contributed by atoms with Crippen molar-refractivity contribution in [2.75, 3.05) is 0 Å². The molecular weight excluding hydrogens is 1350 g/mol. The Kier molecular flexibility index (Phi) is 15.3. The fourth-order valence-electron chi connectivity index (χ4n) is 18.6. The normalized spacial score (nSPS) is 11.8. The molecule has 112 heavy (non-hydrogen) atoms. The second-order valence-electron chi connectivity index (χ2n) is 29.6. The van der Waals surface area contributed by atoms with Gasteiger partial charge < -0.3 is 9.13 Å². The summed E-state index contributed by atoms with van der Waals surface area (Å²) < 4.78 is 4.89. The number of fused-ring (bicyclic) bond motifs is 16. The summed E-state index contributed by atoms with van der Waals surface area (Å²) >= 11 is 0. The van der Waals surface area contributed by atoms with E-state index in [0.717, 1.165) is 5.69 Å². The second kappa shape index (κ2) is 26.6. The van der Waals surface area contributed by atoms with Crippen LogP contribution in [0.4, 0.5) is 0 Å². The Morgan fingerprint density at radius 3 is 0.902 bits per heavy atom. The highest BCUT2D eigenvalue weighted by atomic mass is 15.0. The molecule has 23 rings (SSSR count). The van der Waals surface area contributed by atoms with Crippen LogP contribution in [-0.2, 0) is 0 Å². The molecule has 0 radical (unpaired) electrons. The average molecular weight is 1420 g/mol. The summed E-state index contributed by atoms with van der Waals surface area (Å²) in [6, 6.07) is 156. The van der Waals surface area contributed by atoms with Crippen molar-refractivity contribution in [3.8, 4) is 89.3 Å². The molecule has 0 N–H and O–H groups in total. The summed E-state index contributed by atoms with van der Waals surface area (Å²) in [7, 11) is 0. The molecule has 2 heterocycles. The number of hydrogen-bond acceptors (Lipinski definition) is 0. The molecule has 23 aromatic rings. The van der Waals surface area contributed by atoms with Crippen LogP contribution in [0.2, 0.25) is 0 Å². The zero-order valence-corrected chi connectivity index (χ0v) is 61.3. The van der Waals surface area contributed by atoms with Gasteiger partial charge in [0.1, 0.15) is 0 Å². The highest BCUT2D eigenvalue weighted by Crippen LogP contribution is 2.49. The van der Waals surface area contributed by atoms with Crippen LogP contribution in [0.15, 0.2) is 425 Å². The summed E-state index contributed by atoms with van der Waals surface area (Å²) in [5, 5.41) is 25.2. The van der Waals surface area contributed by atoms with Crippen molar-refractivity contribution >= 4 is 130 Å². The van der Waals surface area contributed by atoms with Gasteiger partial charge in [0, 0.05) is 43.7 Å². The van der Waals surface area contributed by atoms with Gasteiger partial charge in [0.15, 0.2) is 0 Å². The van der Waals surface area contributed by atoms with Crippen LogP contribution >= 0.6 is 0 Å². The van der Waals surface area contributed by atoms with Gasteiger partial charge in [0.05, 0.1) is 22.1 Å². The summed E-state index contributed by atoms with van der Waals surface area (Å²) in [5.74, 6) is 0. The minimum absolute atomic E-state index is 1.15. The Hall–Kier alpha value is -14.7. The molecule has 21 aromatic carbocycles. The van der Waals surface area contributed by atoms with Gasteiger partial charge in [-0.2, -0.15) is 0 Å². The number of para-hydroxylation sites is 3. The molecule has 520 valence electrons. The largest absolute Gasteiger partial charge is 0.309 e. The van der Waals surface area contributed by atoms with E-state index in [-0.39, 0.29) is 0 Å². The van der Waals surface area contributed by atoms with Gasteiger partial charge in [-0.1, -0.05) is 364 Å². The lowest BCUT2D eigenvalue weighted by molar-refractivity contribution is 1.19. The first kappa shape index (κ1) is 64.5. The highest BCUT2D eigenvalue weighted by molar-refractivity contribution is 6.26. The SMILES string of the molecule is c1ccc(-c2c3ccccc3c(-c3ccc4cc(-c5cc6c7ccccc7n(-c7ccccc7)c6c6ccccc56)ccc4c3)c3ccccc23)cc1.c1ccc(-c2cc3c4ccccc4n(-c4ccc(-c5c6ccccc6c(-c6ccc(-c7cccc8ccccc78)cc6)c6ccccc56)cc4)c3c3ccccc23)cc1. The first-order valence-electron chi connectivity index (χ1n) is 38.8. The molecule has 0 spiro atoms.